The number of rotatable bonds is 5. The van der Waals surface area contributed by atoms with E-state index in [4.69, 9.17) is 9.51 Å². The lowest BCUT2D eigenvalue weighted by Gasteiger charge is -2.12. The molecule has 1 amide bonds. The molecule has 4 aromatic rings. The van der Waals surface area contributed by atoms with E-state index >= 15 is 0 Å². The number of imidazole rings is 1. The van der Waals surface area contributed by atoms with Gasteiger partial charge in [0.25, 0.3) is 5.91 Å². The van der Waals surface area contributed by atoms with Gasteiger partial charge in [-0.3, -0.25) is 4.79 Å². The summed E-state index contributed by atoms with van der Waals surface area (Å²) in [6.45, 7) is 7.56. The summed E-state index contributed by atoms with van der Waals surface area (Å²) in [4.78, 5) is 25.1. The van der Waals surface area contributed by atoms with Gasteiger partial charge in [0.2, 0.25) is 5.89 Å². The number of hydrogen-bond acceptors (Lipinski definition) is 5. The molecule has 8 heteroatoms. The van der Waals surface area contributed by atoms with Gasteiger partial charge in [0.05, 0.1) is 17.1 Å². The molecule has 4 rings (SSSR count). The summed E-state index contributed by atoms with van der Waals surface area (Å²) in [7, 11) is 0. The zero-order valence-electron chi connectivity index (χ0n) is 17.2. The summed E-state index contributed by atoms with van der Waals surface area (Å²) in [6, 6.07) is 9.26. The lowest BCUT2D eigenvalue weighted by Crippen LogP contribution is -2.27. The number of aryl methyl sites for hydroxylation is 1. The van der Waals surface area contributed by atoms with E-state index in [2.05, 4.69) is 20.4 Å². The molecule has 0 aliphatic heterocycles. The van der Waals surface area contributed by atoms with Crippen LogP contribution in [0.3, 0.4) is 0 Å². The highest BCUT2D eigenvalue weighted by Gasteiger charge is 2.19. The van der Waals surface area contributed by atoms with E-state index < -0.39 is 6.04 Å². The SMILES string of the molecule is Cc1nc([C@@H](C)NC(=O)c2cc(-c3ccc(F)cc3)c3nc(C(C)C)[nH]c3c2)no1. The van der Waals surface area contributed by atoms with Crippen molar-refractivity contribution in [2.75, 3.05) is 0 Å². The predicted molar refractivity (Wildman–Crippen MR) is 110 cm³/mol. The van der Waals surface area contributed by atoms with E-state index in [1.54, 1.807) is 38.1 Å². The summed E-state index contributed by atoms with van der Waals surface area (Å²) in [6.07, 6.45) is 0. The number of nitrogens with one attached hydrogen (secondary N) is 2. The van der Waals surface area contributed by atoms with Gasteiger partial charge in [-0.2, -0.15) is 4.98 Å². The molecule has 0 radical (unpaired) electrons. The smallest absolute Gasteiger partial charge is 0.251 e. The largest absolute Gasteiger partial charge is 0.342 e. The quantitative estimate of drug-likeness (QED) is 0.501. The van der Waals surface area contributed by atoms with Gasteiger partial charge in [-0.15, -0.1) is 0 Å². The van der Waals surface area contributed by atoms with Crippen LogP contribution in [0.4, 0.5) is 4.39 Å². The van der Waals surface area contributed by atoms with Crippen LogP contribution in [0.15, 0.2) is 40.9 Å². The Morgan fingerprint density at radius 3 is 2.50 bits per heavy atom. The van der Waals surface area contributed by atoms with Gasteiger partial charge in [-0.05, 0) is 36.8 Å². The Labute approximate surface area is 172 Å². The highest BCUT2D eigenvalue weighted by Crippen LogP contribution is 2.30. The Morgan fingerprint density at radius 1 is 1.13 bits per heavy atom. The fourth-order valence-electron chi connectivity index (χ4n) is 3.23. The van der Waals surface area contributed by atoms with Crippen molar-refractivity contribution in [3.8, 4) is 11.1 Å². The van der Waals surface area contributed by atoms with Crippen molar-refractivity contribution in [1.29, 1.82) is 0 Å². The van der Waals surface area contributed by atoms with Gasteiger partial charge < -0.3 is 14.8 Å². The fourth-order valence-corrected chi connectivity index (χ4v) is 3.23. The van der Waals surface area contributed by atoms with Crippen molar-refractivity contribution in [1.82, 2.24) is 25.4 Å². The number of H-pyrrole nitrogens is 1. The van der Waals surface area contributed by atoms with Crippen LogP contribution in [0.1, 0.15) is 60.6 Å². The molecule has 7 nitrogen and oxygen atoms in total. The van der Waals surface area contributed by atoms with Crippen LogP contribution in [0, 0.1) is 12.7 Å². The third-order valence-corrected chi connectivity index (χ3v) is 4.85. The van der Waals surface area contributed by atoms with Crippen molar-refractivity contribution in [2.45, 2.75) is 39.7 Å². The molecule has 2 heterocycles. The summed E-state index contributed by atoms with van der Waals surface area (Å²) < 4.78 is 18.4. The molecule has 0 bridgehead atoms. The van der Waals surface area contributed by atoms with Gasteiger partial charge in [0.15, 0.2) is 5.82 Å². The monoisotopic (exact) mass is 407 g/mol. The van der Waals surface area contributed by atoms with Crippen LogP contribution in [0.5, 0.6) is 0 Å². The molecule has 2 N–H and O–H groups in total. The molecule has 154 valence electrons. The van der Waals surface area contributed by atoms with Crippen LogP contribution in [0.2, 0.25) is 0 Å². The van der Waals surface area contributed by atoms with Crippen LogP contribution >= 0.6 is 0 Å². The minimum absolute atomic E-state index is 0.192. The molecule has 1 atom stereocenters. The normalized spacial score (nSPS) is 12.5. The topological polar surface area (TPSA) is 96.7 Å². The van der Waals surface area contributed by atoms with Crippen LogP contribution in [0.25, 0.3) is 22.2 Å². The first-order valence-corrected chi connectivity index (χ1v) is 9.72. The number of carbonyl (C=O) groups is 1. The Balaban J connectivity index is 1.76. The van der Waals surface area contributed by atoms with E-state index in [9.17, 15) is 9.18 Å². The Hall–Kier alpha value is -3.55. The van der Waals surface area contributed by atoms with Crippen molar-refractivity contribution in [2.24, 2.45) is 0 Å². The number of benzene rings is 2. The molecule has 2 aromatic heterocycles. The van der Waals surface area contributed by atoms with E-state index in [-0.39, 0.29) is 17.6 Å². The van der Waals surface area contributed by atoms with E-state index in [1.165, 1.54) is 12.1 Å². The van der Waals surface area contributed by atoms with Crippen molar-refractivity contribution in [3.05, 3.63) is 65.3 Å². The standard InChI is InChI=1S/C22H22FN5O2/c1-11(2)20-26-18-10-15(22(29)24-12(3)21-25-13(4)30-28-21)9-17(19(18)27-20)14-5-7-16(23)8-6-14/h5-12H,1-4H3,(H,24,29)(H,26,27)/t12-/m1/s1. The lowest BCUT2D eigenvalue weighted by molar-refractivity contribution is 0.0938. The van der Waals surface area contributed by atoms with Crippen LogP contribution in [-0.2, 0) is 0 Å². The number of aromatic amines is 1. The number of aromatic nitrogens is 4. The maximum atomic E-state index is 13.4. The molecule has 0 spiro atoms. The second kappa shape index (κ2) is 7.70. The lowest BCUT2D eigenvalue weighted by atomic mass is 10.0. The van der Waals surface area contributed by atoms with E-state index in [1.807, 2.05) is 13.8 Å². The first kappa shape index (κ1) is 19.8. The molecule has 2 aromatic carbocycles. The molecule has 0 saturated carbocycles. The zero-order chi connectivity index (χ0) is 21.4. The second-order valence-electron chi connectivity index (χ2n) is 7.57. The van der Waals surface area contributed by atoms with Crippen LogP contribution < -0.4 is 5.32 Å². The molecule has 0 fully saturated rings. The highest BCUT2D eigenvalue weighted by molar-refractivity contribution is 6.02. The van der Waals surface area contributed by atoms with Crippen LogP contribution in [-0.4, -0.2) is 26.0 Å². The molecule has 0 saturated heterocycles. The van der Waals surface area contributed by atoms with Gasteiger partial charge in [-0.1, -0.05) is 31.1 Å². The molecule has 0 unspecified atom stereocenters. The average Bonchev–Trinajstić information content (AvgIpc) is 3.34. The third kappa shape index (κ3) is 3.80. The van der Waals surface area contributed by atoms with Gasteiger partial charge in [0, 0.05) is 24.0 Å². The molecular weight excluding hydrogens is 385 g/mol. The minimum Gasteiger partial charge on any atom is -0.342 e. The number of hydrogen-bond donors (Lipinski definition) is 2. The van der Waals surface area contributed by atoms with Crippen molar-refractivity contribution in [3.63, 3.8) is 0 Å². The maximum absolute atomic E-state index is 13.4. The maximum Gasteiger partial charge on any atom is 0.251 e. The third-order valence-electron chi connectivity index (χ3n) is 4.85. The Bertz CT molecular complexity index is 1210. The van der Waals surface area contributed by atoms with Gasteiger partial charge >= 0.3 is 0 Å². The molecular formula is C22H22FN5O2. The minimum atomic E-state index is -0.423. The number of nitrogens with zero attached hydrogens (tertiary/aromatic N) is 3. The number of halogens is 1. The number of fused-ring (bicyclic) bond motifs is 1. The summed E-state index contributed by atoms with van der Waals surface area (Å²) in [5.74, 6) is 1.25. The predicted octanol–water partition coefficient (Wildman–Crippen LogP) is 4.67. The number of amides is 1. The highest BCUT2D eigenvalue weighted by atomic mass is 19.1. The van der Waals surface area contributed by atoms with Crippen molar-refractivity contribution >= 4 is 16.9 Å². The fraction of sp³-hybridized carbons (Fsp3) is 0.273. The van der Waals surface area contributed by atoms with E-state index in [0.29, 0.717) is 17.3 Å². The number of carbonyl (C=O) groups excluding carboxylic acids is 1. The first-order chi connectivity index (χ1) is 14.3. The molecule has 30 heavy (non-hydrogen) atoms. The zero-order valence-corrected chi connectivity index (χ0v) is 17.2. The average molecular weight is 407 g/mol. The molecule has 0 aliphatic carbocycles. The summed E-state index contributed by atoms with van der Waals surface area (Å²) >= 11 is 0. The van der Waals surface area contributed by atoms with E-state index in [0.717, 1.165) is 28.0 Å². The summed E-state index contributed by atoms with van der Waals surface area (Å²) in [5.41, 5.74) is 3.47. The molecule has 0 aliphatic rings. The van der Waals surface area contributed by atoms with Gasteiger partial charge in [-0.25, -0.2) is 9.37 Å². The Morgan fingerprint density at radius 2 is 1.87 bits per heavy atom. The second-order valence-corrected chi connectivity index (χ2v) is 7.57. The first-order valence-electron chi connectivity index (χ1n) is 9.72. The van der Waals surface area contributed by atoms with Gasteiger partial charge in [0.1, 0.15) is 11.6 Å². The van der Waals surface area contributed by atoms with Crippen molar-refractivity contribution < 1.29 is 13.7 Å². The Kier molecular flexibility index (Phi) is 5.07. The summed E-state index contributed by atoms with van der Waals surface area (Å²) in [5, 5.41) is 6.75.